The van der Waals surface area contributed by atoms with Crippen molar-refractivity contribution >= 4 is 11.6 Å². The minimum atomic E-state index is -0.845. The summed E-state index contributed by atoms with van der Waals surface area (Å²) in [5.74, 6) is -0.309. The Bertz CT molecular complexity index is 649. The number of hydrogen-bond acceptors (Lipinski definition) is 1. The van der Waals surface area contributed by atoms with Crippen molar-refractivity contribution in [3.8, 4) is 0 Å². The third kappa shape index (κ3) is 1.93. The van der Waals surface area contributed by atoms with Crippen molar-refractivity contribution < 1.29 is 9.18 Å². The van der Waals surface area contributed by atoms with Crippen LogP contribution in [0.1, 0.15) is 21.5 Å². The fourth-order valence-corrected chi connectivity index (χ4v) is 2.18. The van der Waals surface area contributed by atoms with Crippen molar-refractivity contribution in [1.82, 2.24) is 4.90 Å². The zero-order chi connectivity index (χ0) is 13.2. The molecule has 1 aliphatic rings. The lowest BCUT2D eigenvalue weighted by Gasteiger charge is -2.17. The molecule has 0 saturated heterocycles. The first kappa shape index (κ1) is 11.7. The van der Waals surface area contributed by atoms with Gasteiger partial charge in [-0.1, -0.05) is 35.9 Å². The van der Waals surface area contributed by atoms with Crippen LogP contribution in [-0.2, 0) is 0 Å². The topological polar surface area (TPSA) is 20.3 Å². The molecule has 0 atom stereocenters. The van der Waals surface area contributed by atoms with Gasteiger partial charge in [0.15, 0.2) is 6.80 Å². The van der Waals surface area contributed by atoms with Crippen LogP contribution in [-0.4, -0.2) is 17.6 Å². The molecule has 0 unspecified atom stereocenters. The van der Waals surface area contributed by atoms with Crippen LogP contribution in [0.2, 0.25) is 0 Å². The molecular formula is C16H11FNO-. The smallest absolute Gasteiger partial charge is 0.250 e. The summed E-state index contributed by atoms with van der Waals surface area (Å²) in [6, 6.07) is 16.5. The van der Waals surface area contributed by atoms with Crippen LogP contribution >= 0.6 is 0 Å². The number of halogens is 1. The van der Waals surface area contributed by atoms with Crippen LogP contribution in [0.15, 0.2) is 54.6 Å². The fourth-order valence-electron chi connectivity index (χ4n) is 2.18. The van der Waals surface area contributed by atoms with E-state index < -0.39 is 6.80 Å². The quantitative estimate of drug-likeness (QED) is 0.593. The lowest BCUT2D eigenvalue weighted by molar-refractivity contribution is 0.0805. The Hall–Kier alpha value is -2.42. The Morgan fingerprint density at radius 3 is 2.26 bits per heavy atom. The van der Waals surface area contributed by atoms with Crippen molar-refractivity contribution in [2.45, 2.75) is 0 Å². The van der Waals surface area contributed by atoms with E-state index in [-0.39, 0.29) is 5.91 Å². The zero-order valence-corrected chi connectivity index (χ0v) is 10.1. The van der Waals surface area contributed by atoms with Crippen LogP contribution in [0, 0.1) is 6.08 Å². The molecule has 1 aliphatic heterocycles. The highest BCUT2D eigenvalue weighted by atomic mass is 19.1. The number of fused-ring (bicyclic) bond motifs is 1. The molecule has 2 aromatic carbocycles. The molecule has 0 N–H and O–H groups in total. The van der Waals surface area contributed by atoms with Gasteiger partial charge in [0.05, 0.1) is 0 Å². The number of carbonyl (C=O) groups excluding carboxylic acids is 1. The van der Waals surface area contributed by atoms with Crippen LogP contribution in [0.3, 0.4) is 0 Å². The molecule has 0 saturated carbocycles. The number of nitrogens with zero attached hydrogens (tertiary/aromatic N) is 1. The SMILES string of the molecule is O=C1c2ccccc2C(=[C-]c2ccccc2)N1CF. The van der Waals surface area contributed by atoms with E-state index in [2.05, 4.69) is 6.08 Å². The molecule has 2 aromatic rings. The minimum Gasteiger partial charge on any atom is -0.297 e. The maximum Gasteiger partial charge on any atom is 0.250 e. The number of rotatable bonds is 2. The molecule has 3 rings (SSSR count). The standard InChI is InChI=1S/C16H11FNO/c17-11-18-15(10-12-6-2-1-3-7-12)13-8-4-5-9-14(13)16(18)19/h1-9H,11H2/q-1. The number of benzene rings is 2. The average Bonchev–Trinajstić information content (AvgIpc) is 2.73. The second kappa shape index (κ2) is 4.69. The second-order valence-electron chi connectivity index (χ2n) is 4.24. The molecule has 0 spiro atoms. The van der Waals surface area contributed by atoms with Gasteiger partial charge >= 0.3 is 0 Å². The highest BCUT2D eigenvalue weighted by Gasteiger charge is 2.27. The van der Waals surface area contributed by atoms with Crippen LogP contribution in [0.25, 0.3) is 5.70 Å². The predicted molar refractivity (Wildman–Crippen MR) is 70.8 cm³/mol. The van der Waals surface area contributed by atoms with E-state index in [9.17, 15) is 9.18 Å². The molecule has 3 heteroatoms. The van der Waals surface area contributed by atoms with Crippen LogP contribution < -0.4 is 0 Å². The van der Waals surface area contributed by atoms with Gasteiger partial charge in [0.1, 0.15) is 0 Å². The average molecular weight is 252 g/mol. The minimum absolute atomic E-state index is 0.309. The van der Waals surface area contributed by atoms with Crippen molar-refractivity contribution in [3.63, 3.8) is 0 Å². The summed E-state index contributed by atoms with van der Waals surface area (Å²) in [6.45, 7) is -0.845. The Morgan fingerprint density at radius 2 is 1.58 bits per heavy atom. The van der Waals surface area contributed by atoms with Gasteiger partial charge in [0, 0.05) is 5.56 Å². The first-order valence-electron chi connectivity index (χ1n) is 5.97. The maximum atomic E-state index is 13.1. The van der Waals surface area contributed by atoms with Gasteiger partial charge in [0.2, 0.25) is 5.91 Å². The molecule has 0 aromatic heterocycles. The van der Waals surface area contributed by atoms with Gasteiger partial charge in [-0.3, -0.25) is 9.69 Å². The number of amides is 1. The highest BCUT2D eigenvalue weighted by Crippen LogP contribution is 2.32. The highest BCUT2D eigenvalue weighted by molar-refractivity contribution is 6.08. The summed E-state index contributed by atoms with van der Waals surface area (Å²) in [7, 11) is 0. The number of alkyl halides is 1. The van der Waals surface area contributed by atoms with Crippen LogP contribution in [0.5, 0.6) is 0 Å². The van der Waals surface area contributed by atoms with Crippen molar-refractivity contribution in [3.05, 3.63) is 77.4 Å². The first-order chi connectivity index (χ1) is 9.31. The fraction of sp³-hybridized carbons (Fsp3) is 0.0625. The summed E-state index contributed by atoms with van der Waals surface area (Å²) in [4.78, 5) is 13.2. The van der Waals surface area contributed by atoms with E-state index in [1.165, 1.54) is 0 Å². The normalized spacial score (nSPS) is 15.9. The number of carbonyl (C=O) groups is 1. The third-order valence-electron chi connectivity index (χ3n) is 3.08. The Morgan fingerprint density at radius 1 is 0.947 bits per heavy atom. The maximum absolute atomic E-state index is 13.1. The molecule has 19 heavy (non-hydrogen) atoms. The molecule has 1 amide bonds. The monoisotopic (exact) mass is 252 g/mol. The predicted octanol–water partition coefficient (Wildman–Crippen LogP) is 3.26. The molecular weight excluding hydrogens is 241 g/mol. The van der Waals surface area contributed by atoms with E-state index in [0.29, 0.717) is 11.3 Å². The summed E-state index contributed by atoms with van der Waals surface area (Å²) >= 11 is 0. The first-order valence-corrected chi connectivity index (χ1v) is 5.97. The lowest BCUT2D eigenvalue weighted by atomic mass is 10.1. The molecule has 2 nitrogen and oxygen atoms in total. The Labute approximate surface area is 110 Å². The van der Waals surface area contributed by atoms with Crippen LogP contribution in [0.4, 0.5) is 4.39 Å². The van der Waals surface area contributed by atoms with E-state index in [1.54, 1.807) is 12.1 Å². The van der Waals surface area contributed by atoms with Gasteiger partial charge in [-0.15, -0.1) is 35.9 Å². The summed E-state index contributed by atoms with van der Waals surface area (Å²) in [6.07, 6.45) is 3.11. The van der Waals surface area contributed by atoms with Gasteiger partial charge in [-0.05, 0) is 5.70 Å². The number of hydrogen-bond donors (Lipinski definition) is 0. The third-order valence-corrected chi connectivity index (χ3v) is 3.08. The van der Waals surface area contributed by atoms with Crippen molar-refractivity contribution in [2.75, 3.05) is 6.80 Å². The van der Waals surface area contributed by atoms with Gasteiger partial charge in [0.25, 0.3) is 0 Å². The van der Waals surface area contributed by atoms with Gasteiger partial charge in [-0.25, -0.2) is 4.39 Å². The van der Waals surface area contributed by atoms with Crippen molar-refractivity contribution in [1.29, 1.82) is 0 Å². The van der Waals surface area contributed by atoms with Gasteiger partial charge in [-0.2, -0.15) is 0 Å². The van der Waals surface area contributed by atoms with E-state index in [4.69, 9.17) is 0 Å². The molecule has 0 aliphatic carbocycles. The zero-order valence-electron chi connectivity index (χ0n) is 10.1. The van der Waals surface area contributed by atoms with Crippen molar-refractivity contribution in [2.24, 2.45) is 0 Å². The summed E-state index contributed by atoms with van der Waals surface area (Å²) < 4.78 is 13.1. The Balaban J connectivity index is 2.14. The largest absolute Gasteiger partial charge is 0.297 e. The molecule has 0 bridgehead atoms. The Kier molecular flexibility index (Phi) is 2.88. The van der Waals surface area contributed by atoms with Gasteiger partial charge < -0.3 is 0 Å². The van der Waals surface area contributed by atoms with E-state index in [0.717, 1.165) is 16.0 Å². The van der Waals surface area contributed by atoms with E-state index in [1.807, 2.05) is 42.5 Å². The summed E-state index contributed by atoms with van der Waals surface area (Å²) in [5.41, 5.74) is 2.57. The molecule has 94 valence electrons. The summed E-state index contributed by atoms with van der Waals surface area (Å²) in [5, 5.41) is 0. The lowest BCUT2D eigenvalue weighted by Crippen LogP contribution is -2.21. The van der Waals surface area contributed by atoms with E-state index >= 15 is 0 Å². The second-order valence-corrected chi connectivity index (χ2v) is 4.24. The molecule has 1 heterocycles. The molecule has 0 radical (unpaired) electrons. The molecule has 0 fully saturated rings.